The van der Waals surface area contributed by atoms with Gasteiger partial charge in [-0.2, -0.15) is 0 Å². The zero-order valence-corrected chi connectivity index (χ0v) is 9.98. The quantitative estimate of drug-likeness (QED) is 0.851. The summed E-state index contributed by atoms with van der Waals surface area (Å²) in [5.41, 5.74) is 6.30. The lowest BCUT2D eigenvalue weighted by Gasteiger charge is -2.14. The molecule has 0 spiro atoms. The Hall–Kier alpha value is -1.40. The number of hydrogen-bond acceptors (Lipinski definition) is 5. The van der Waals surface area contributed by atoms with E-state index in [1.54, 1.807) is 18.7 Å². The summed E-state index contributed by atoms with van der Waals surface area (Å²) in [5, 5.41) is 10.6. The highest BCUT2D eigenvalue weighted by Crippen LogP contribution is 2.28. The number of aliphatic hydroxyl groups is 1. The number of aromatic nitrogens is 3. The molecule has 0 amide bonds. The largest absolute Gasteiger partial charge is 0.381 e. The fraction of sp³-hybridized carbons (Fsp3) is 0.400. The van der Waals surface area contributed by atoms with E-state index in [0.29, 0.717) is 5.13 Å². The molecule has 6 heteroatoms. The molecular formula is C10H14N4OS. The minimum Gasteiger partial charge on any atom is -0.381 e. The van der Waals surface area contributed by atoms with E-state index in [1.807, 2.05) is 18.4 Å². The van der Waals surface area contributed by atoms with Crippen LogP contribution in [0.4, 0.5) is 5.13 Å². The molecule has 1 unspecified atom stereocenters. The van der Waals surface area contributed by atoms with Crippen LogP contribution in [0.3, 0.4) is 0 Å². The Labute approximate surface area is 97.6 Å². The number of rotatable bonds is 3. The summed E-state index contributed by atoms with van der Waals surface area (Å²) in [6, 6.07) is 0.261. The van der Waals surface area contributed by atoms with Gasteiger partial charge in [-0.25, -0.2) is 9.97 Å². The molecule has 2 heterocycles. The fourth-order valence-electron chi connectivity index (χ4n) is 1.53. The van der Waals surface area contributed by atoms with Crippen LogP contribution < -0.4 is 5.73 Å². The van der Waals surface area contributed by atoms with Gasteiger partial charge in [0.25, 0.3) is 0 Å². The van der Waals surface area contributed by atoms with Gasteiger partial charge in [0.05, 0.1) is 23.1 Å². The number of aliphatic hydroxyl groups excluding tert-OH is 1. The Morgan fingerprint density at radius 1 is 1.44 bits per heavy atom. The van der Waals surface area contributed by atoms with Crippen LogP contribution in [0.1, 0.15) is 36.6 Å². The smallest absolute Gasteiger partial charge is 0.180 e. The normalized spacial score (nSPS) is 13.2. The number of anilines is 1. The van der Waals surface area contributed by atoms with Gasteiger partial charge in [-0.05, 0) is 13.8 Å². The van der Waals surface area contributed by atoms with E-state index in [2.05, 4.69) is 9.97 Å². The van der Waals surface area contributed by atoms with Gasteiger partial charge in [-0.3, -0.25) is 0 Å². The summed E-state index contributed by atoms with van der Waals surface area (Å²) in [7, 11) is 0. The molecule has 0 fully saturated rings. The molecule has 86 valence electrons. The first-order valence-corrected chi connectivity index (χ1v) is 5.82. The van der Waals surface area contributed by atoms with E-state index in [-0.39, 0.29) is 6.04 Å². The summed E-state index contributed by atoms with van der Waals surface area (Å²) in [6.07, 6.45) is 4.27. The molecule has 0 bridgehead atoms. The topological polar surface area (TPSA) is 77.0 Å². The maximum absolute atomic E-state index is 10.2. The van der Waals surface area contributed by atoms with Crippen molar-refractivity contribution in [3.8, 4) is 0 Å². The second-order valence-corrected chi connectivity index (χ2v) is 4.92. The maximum Gasteiger partial charge on any atom is 0.180 e. The van der Waals surface area contributed by atoms with Crippen molar-refractivity contribution < 1.29 is 5.11 Å². The highest BCUT2D eigenvalue weighted by molar-refractivity contribution is 7.15. The third-order valence-electron chi connectivity index (χ3n) is 2.34. The van der Waals surface area contributed by atoms with Gasteiger partial charge in [0.1, 0.15) is 6.10 Å². The Morgan fingerprint density at radius 3 is 2.75 bits per heavy atom. The molecule has 0 saturated carbocycles. The lowest BCUT2D eigenvalue weighted by molar-refractivity contribution is 0.211. The highest BCUT2D eigenvalue weighted by atomic mass is 32.1. The lowest BCUT2D eigenvalue weighted by Crippen LogP contribution is -2.08. The molecule has 1 atom stereocenters. The summed E-state index contributed by atoms with van der Waals surface area (Å²) in [6.45, 7) is 4.08. The first-order valence-electron chi connectivity index (χ1n) is 5.00. The number of nitrogen functional groups attached to an aromatic ring is 1. The molecular weight excluding hydrogens is 224 g/mol. The second kappa shape index (κ2) is 4.23. The maximum atomic E-state index is 10.2. The van der Waals surface area contributed by atoms with Crippen LogP contribution >= 0.6 is 11.3 Å². The lowest BCUT2D eigenvalue weighted by atomic mass is 10.2. The zero-order chi connectivity index (χ0) is 11.7. The van der Waals surface area contributed by atoms with Crippen LogP contribution in [0.2, 0.25) is 0 Å². The zero-order valence-electron chi connectivity index (χ0n) is 9.16. The van der Waals surface area contributed by atoms with Crippen molar-refractivity contribution in [2.75, 3.05) is 5.73 Å². The first-order chi connectivity index (χ1) is 7.59. The van der Waals surface area contributed by atoms with E-state index in [9.17, 15) is 5.11 Å². The van der Waals surface area contributed by atoms with Crippen LogP contribution in [0.5, 0.6) is 0 Å². The van der Waals surface area contributed by atoms with Crippen molar-refractivity contribution in [2.45, 2.75) is 26.0 Å². The van der Waals surface area contributed by atoms with Crippen molar-refractivity contribution in [3.63, 3.8) is 0 Å². The van der Waals surface area contributed by atoms with Gasteiger partial charge >= 0.3 is 0 Å². The van der Waals surface area contributed by atoms with Crippen molar-refractivity contribution in [1.29, 1.82) is 0 Å². The third-order valence-corrected chi connectivity index (χ3v) is 3.22. The Bertz CT molecular complexity index is 477. The summed E-state index contributed by atoms with van der Waals surface area (Å²) in [4.78, 5) is 8.72. The molecule has 0 saturated heterocycles. The monoisotopic (exact) mass is 238 g/mol. The molecule has 0 aromatic carbocycles. The molecule has 2 aromatic heterocycles. The second-order valence-electron chi connectivity index (χ2n) is 3.82. The van der Waals surface area contributed by atoms with E-state index in [1.165, 1.54) is 11.3 Å². The number of nitrogens with zero attached hydrogens (tertiary/aromatic N) is 3. The van der Waals surface area contributed by atoms with Crippen LogP contribution in [-0.2, 0) is 0 Å². The Balaban J connectivity index is 2.33. The highest BCUT2D eigenvalue weighted by Gasteiger charge is 2.18. The van der Waals surface area contributed by atoms with E-state index < -0.39 is 6.10 Å². The van der Waals surface area contributed by atoms with Gasteiger partial charge in [-0.1, -0.05) is 11.3 Å². The summed E-state index contributed by atoms with van der Waals surface area (Å²) < 4.78 is 1.93. The van der Waals surface area contributed by atoms with Crippen LogP contribution in [0.15, 0.2) is 18.7 Å². The Morgan fingerprint density at radius 2 is 2.19 bits per heavy atom. The van der Waals surface area contributed by atoms with Crippen LogP contribution in [0, 0.1) is 0 Å². The summed E-state index contributed by atoms with van der Waals surface area (Å²) in [5.74, 6) is 0. The third kappa shape index (κ3) is 1.94. The van der Waals surface area contributed by atoms with Gasteiger partial charge in [0, 0.05) is 12.2 Å². The minimum absolute atomic E-state index is 0.261. The van der Waals surface area contributed by atoms with Crippen molar-refractivity contribution in [1.82, 2.24) is 14.5 Å². The molecule has 2 aromatic rings. The van der Waals surface area contributed by atoms with E-state index in [4.69, 9.17) is 5.73 Å². The van der Waals surface area contributed by atoms with Gasteiger partial charge in [0.2, 0.25) is 0 Å². The predicted octanol–water partition coefficient (Wildman–Crippen LogP) is 1.58. The average molecular weight is 238 g/mol. The van der Waals surface area contributed by atoms with Crippen LogP contribution in [0.25, 0.3) is 0 Å². The first kappa shape index (κ1) is 11.1. The molecule has 3 N–H and O–H groups in total. The van der Waals surface area contributed by atoms with E-state index >= 15 is 0 Å². The Kier molecular flexibility index (Phi) is 2.93. The fourth-order valence-corrected chi connectivity index (χ4v) is 2.22. The van der Waals surface area contributed by atoms with E-state index in [0.717, 1.165) is 10.6 Å². The van der Waals surface area contributed by atoms with Crippen molar-refractivity contribution in [2.24, 2.45) is 0 Å². The molecule has 0 radical (unpaired) electrons. The SMILES string of the molecule is CC(C)n1cncc1C(O)c1cnc(N)s1. The van der Waals surface area contributed by atoms with Crippen molar-refractivity contribution >= 4 is 16.5 Å². The molecule has 2 rings (SSSR count). The molecule has 5 nitrogen and oxygen atoms in total. The number of thiazole rings is 1. The van der Waals surface area contributed by atoms with Crippen molar-refractivity contribution in [3.05, 3.63) is 29.3 Å². The summed E-state index contributed by atoms with van der Waals surface area (Å²) >= 11 is 1.29. The molecule has 0 aliphatic heterocycles. The predicted molar refractivity (Wildman–Crippen MR) is 63.2 cm³/mol. The molecule has 16 heavy (non-hydrogen) atoms. The molecule has 0 aliphatic rings. The van der Waals surface area contributed by atoms with Crippen LogP contribution in [-0.4, -0.2) is 19.6 Å². The number of nitrogens with two attached hydrogens (primary N) is 1. The number of hydrogen-bond donors (Lipinski definition) is 2. The van der Waals surface area contributed by atoms with Gasteiger partial charge in [0.15, 0.2) is 5.13 Å². The van der Waals surface area contributed by atoms with Gasteiger partial charge < -0.3 is 15.4 Å². The average Bonchev–Trinajstić information content (AvgIpc) is 2.84. The number of imidazole rings is 1. The standard InChI is InChI=1S/C10H14N4OS/c1-6(2)14-5-12-3-7(14)9(15)8-4-13-10(11)16-8/h3-6,9,15H,1-2H3,(H2,11,13). The van der Waals surface area contributed by atoms with Gasteiger partial charge in [-0.15, -0.1) is 0 Å². The minimum atomic E-state index is -0.709. The molecule has 0 aliphatic carbocycles.